The molecule has 7 nitrogen and oxygen atoms in total. The number of aryl methyl sites for hydroxylation is 2. The molecule has 8 heteroatoms. The van der Waals surface area contributed by atoms with Gasteiger partial charge in [-0.3, -0.25) is 4.68 Å². The molecule has 0 aliphatic carbocycles. The summed E-state index contributed by atoms with van der Waals surface area (Å²) < 4.78 is 35.0. The van der Waals surface area contributed by atoms with E-state index in [0.29, 0.717) is 11.3 Å². The zero-order valence-corrected chi connectivity index (χ0v) is 15.2. The number of nitriles is 1. The van der Waals surface area contributed by atoms with Gasteiger partial charge >= 0.3 is 0 Å². The second kappa shape index (κ2) is 7.15. The van der Waals surface area contributed by atoms with Crippen LogP contribution in [0, 0.1) is 25.2 Å². The highest BCUT2D eigenvalue weighted by molar-refractivity contribution is 7.89. The minimum atomic E-state index is -3.73. The van der Waals surface area contributed by atoms with Crippen LogP contribution in [-0.2, 0) is 10.0 Å². The van der Waals surface area contributed by atoms with Crippen molar-refractivity contribution >= 4 is 10.0 Å². The third kappa shape index (κ3) is 3.69. The lowest BCUT2D eigenvalue weighted by Gasteiger charge is -2.18. The van der Waals surface area contributed by atoms with Gasteiger partial charge in [0.25, 0.3) is 0 Å². The Bertz CT molecular complexity index is 1030. The fraction of sp³-hybridized carbons (Fsp3) is 0.222. The summed E-state index contributed by atoms with van der Waals surface area (Å²) in [5.74, 6) is 0.610. The highest BCUT2D eigenvalue weighted by Gasteiger charge is 2.23. The maximum absolute atomic E-state index is 12.6. The molecular weight excluding hydrogens is 352 g/mol. The normalized spacial score (nSPS) is 12.7. The Labute approximate surface area is 151 Å². The Hall–Kier alpha value is -2.89. The van der Waals surface area contributed by atoms with E-state index in [0.717, 1.165) is 11.4 Å². The molecule has 1 aromatic carbocycles. The Kier molecular flexibility index (Phi) is 4.93. The molecule has 0 spiro atoms. The van der Waals surface area contributed by atoms with Crippen LogP contribution in [0.3, 0.4) is 0 Å². The van der Waals surface area contributed by atoms with Crippen molar-refractivity contribution < 1.29 is 12.8 Å². The summed E-state index contributed by atoms with van der Waals surface area (Å²) in [5.41, 5.74) is 2.15. The number of hydrogen-bond acceptors (Lipinski definition) is 5. The molecule has 134 valence electrons. The quantitative estimate of drug-likeness (QED) is 0.718. The van der Waals surface area contributed by atoms with Crippen LogP contribution in [0.5, 0.6) is 0 Å². The zero-order chi connectivity index (χ0) is 18.7. The Balaban J connectivity index is 1.86. The number of furan rings is 1. The van der Waals surface area contributed by atoms with E-state index in [1.807, 2.05) is 26.0 Å². The van der Waals surface area contributed by atoms with E-state index < -0.39 is 16.1 Å². The molecule has 26 heavy (non-hydrogen) atoms. The van der Waals surface area contributed by atoms with E-state index in [2.05, 4.69) is 9.82 Å². The van der Waals surface area contributed by atoms with Crippen LogP contribution in [0.2, 0.25) is 0 Å². The number of aromatic nitrogens is 2. The van der Waals surface area contributed by atoms with E-state index in [1.165, 1.54) is 24.3 Å². The van der Waals surface area contributed by atoms with Gasteiger partial charge in [-0.05, 0) is 56.3 Å². The summed E-state index contributed by atoms with van der Waals surface area (Å²) in [5, 5.41) is 13.3. The van der Waals surface area contributed by atoms with Crippen LogP contribution < -0.4 is 4.72 Å². The molecular formula is C18H18N4O3S. The van der Waals surface area contributed by atoms with Crippen molar-refractivity contribution in [2.45, 2.75) is 24.8 Å². The predicted molar refractivity (Wildman–Crippen MR) is 94.9 cm³/mol. The zero-order valence-electron chi connectivity index (χ0n) is 14.4. The van der Waals surface area contributed by atoms with Gasteiger partial charge in [0.15, 0.2) is 0 Å². The minimum Gasteiger partial charge on any atom is -0.467 e. The van der Waals surface area contributed by atoms with Gasteiger partial charge in [-0.1, -0.05) is 0 Å². The van der Waals surface area contributed by atoms with Crippen LogP contribution in [0.1, 0.15) is 28.8 Å². The van der Waals surface area contributed by atoms with Crippen LogP contribution in [-0.4, -0.2) is 24.7 Å². The molecule has 1 unspecified atom stereocenters. The molecule has 2 aromatic heterocycles. The fourth-order valence-electron chi connectivity index (χ4n) is 2.73. The molecule has 3 rings (SSSR count). The molecule has 0 radical (unpaired) electrons. The van der Waals surface area contributed by atoms with Crippen LogP contribution in [0.4, 0.5) is 0 Å². The van der Waals surface area contributed by atoms with Gasteiger partial charge < -0.3 is 4.42 Å². The van der Waals surface area contributed by atoms with Gasteiger partial charge in [0.2, 0.25) is 10.0 Å². The van der Waals surface area contributed by atoms with E-state index in [1.54, 1.807) is 23.1 Å². The molecule has 1 atom stereocenters. The molecule has 1 N–H and O–H groups in total. The molecule has 0 aliphatic heterocycles. The van der Waals surface area contributed by atoms with Crippen molar-refractivity contribution in [3.05, 3.63) is 71.4 Å². The van der Waals surface area contributed by atoms with E-state index in [-0.39, 0.29) is 11.4 Å². The Morgan fingerprint density at radius 1 is 1.27 bits per heavy atom. The molecule has 3 aromatic rings. The van der Waals surface area contributed by atoms with Gasteiger partial charge in [-0.15, -0.1) is 0 Å². The summed E-state index contributed by atoms with van der Waals surface area (Å²) in [4.78, 5) is 0.100. The number of rotatable bonds is 6. The number of hydrogen-bond donors (Lipinski definition) is 1. The van der Waals surface area contributed by atoms with E-state index in [4.69, 9.17) is 9.68 Å². The lowest BCUT2D eigenvalue weighted by atomic mass is 10.2. The number of nitrogens with one attached hydrogen (secondary N) is 1. The first kappa shape index (κ1) is 17.9. The SMILES string of the molecule is Cc1cc(C)n(C(CNS(=O)(=O)c2ccc(C#N)cc2)c2ccco2)n1. The van der Waals surface area contributed by atoms with Gasteiger partial charge in [0.1, 0.15) is 11.8 Å². The summed E-state index contributed by atoms with van der Waals surface area (Å²) >= 11 is 0. The van der Waals surface area contributed by atoms with Crippen molar-refractivity contribution in [3.63, 3.8) is 0 Å². The predicted octanol–water partition coefficient (Wildman–Crippen LogP) is 2.53. The molecule has 0 saturated carbocycles. The van der Waals surface area contributed by atoms with Crippen molar-refractivity contribution in [1.82, 2.24) is 14.5 Å². The average Bonchev–Trinajstić information content (AvgIpc) is 3.25. The van der Waals surface area contributed by atoms with Crippen LogP contribution >= 0.6 is 0 Å². The maximum Gasteiger partial charge on any atom is 0.240 e. The summed E-state index contributed by atoms with van der Waals surface area (Å²) in [6.07, 6.45) is 1.54. The first-order chi connectivity index (χ1) is 12.4. The highest BCUT2D eigenvalue weighted by atomic mass is 32.2. The first-order valence-corrected chi connectivity index (χ1v) is 9.45. The number of benzene rings is 1. The lowest BCUT2D eigenvalue weighted by Crippen LogP contribution is -2.32. The van der Waals surface area contributed by atoms with Crippen LogP contribution in [0.15, 0.2) is 58.0 Å². The summed E-state index contributed by atoms with van der Waals surface area (Å²) in [6.45, 7) is 3.87. The number of sulfonamides is 1. The summed E-state index contributed by atoms with van der Waals surface area (Å²) in [6, 6.07) is 12.8. The van der Waals surface area contributed by atoms with Crippen molar-refractivity contribution in [2.24, 2.45) is 0 Å². The van der Waals surface area contributed by atoms with Crippen molar-refractivity contribution in [1.29, 1.82) is 5.26 Å². The van der Waals surface area contributed by atoms with Gasteiger partial charge in [0, 0.05) is 12.2 Å². The van der Waals surface area contributed by atoms with Crippen molar-refractivity contribution in [3.8, 4) is 6.07 Å². The molecule has 0 aliphatic rings. The third-order valence-corrected chi connectivity index (χ3v) is 5.41. The molecule has 0 amide bonds. The Morgan fingerprint density at radius 2 is 2.00 bits per heavy atom. The molecule has 0 bridgehead atoms. The monoisotopic (exact) mass is 370 g/mol. The molecule has 0 saturated heterocycles. The van der Waals surface area contributed by atoms with Gasteiger partial charge in [0.05, 0.1) is 28.5 Å². The van der Waals surface area contributed by atoms with E-state index in [9.17, 15) is 8.42 Å². The standard InChI is InChI=1S/C18H18N4O3S/c1-13-10-14(2)22(21-13)17(18-4-3-9-25-18)12-20-26(23,24)16-7-5-15(11-19)6-8-16/h3-10,17,20H,12H2,1-2H3. The van der Waals surface area contributed by atoms with Crippen molar-refractivity contribution in [2.75, 3.05) is 6.54 Å². The smallest absolute Gasteiger partial charge is 0.240 e. The van der Waals surface area contributed by atoms with E-state index >= 15 is 0 Å². The molecule has 0 fully saturated rings. The Morgan fingerprint density at radius 3 is 2.54 bits per heavy atom. The largest absolute Gasteiger partial charge is 0.467 e. The second-order valence-corrected chi connectivity index (χ2v) is 7.66. The molecule has 2 heterocycles. The lowest BCUT2D eigenvalue weighted by molar-refractivity contribution is 0.397. The highest BCUT2D eigenvalue weighted by Crippen LogP contribution is 2.21. The average molecular weight is 370 g/mol. The summed E-state index contributed by atoms with van der Waals surface area (Å²) in [7, 11) is -3.73. The van der Waals surface area contributed by atoms with Gasteiger partial charge in [-0.2, -0.15) is 10.4 Å². The minimum absolute atomic E-state index is 0.0812. The number of nitrogens with zero attached hydrogens (tertiary/aromatic N) is 3. The van der Waals surface area contributed by atoms with Gasteiger partial charge in [-0.25, -0.2) is 13.1 Å². The maximum atomic E-state index is 12.6. The third-order valence-electron chi connectivity index (χ3n) is 3.97. The first-order valence-electron chi connectivity index (χ1n) is 7.96. The second-order valence-electron chi connectivity index (χ2n) is 5.89. The fourth-order valence-corrected chi connectivity index (χ4v) is 3.77. The topological polar surface area (TPSA) is 101 Å². The van der Waals surface area contributed by atoms with Crippen LogP contribution in [0.25, 0.3) is 0 Å².